The first-order chi connectivity index (χ1) is 13.1. The molecule has 0 radical (unpaired) electrons. The van der Waals surface area contributed by atoms with Crippen molar-refractivity contribution in [2.24, 2.45) is 0 Å². The van der Waals surface area contributed by atoms with Crippen LogP contribution in [-0.2, 0) is 6.54 Å². The van der Waals surface area contributed by atoms with Crippen LogP contribution < -0.4 is 0 Å². The van der Waals surface area contributed by atoms with E-state index in [0.717, 1.165) is 38.3 Å². The number of hydrogen-bond acceptors (Lipinski definition) is 3. The van der Waals surface area contributed by atoms with Crippen molar-refractivity contribution in [1.82, 2.24) is 14.4 Å². The van der Waals surface area contributed by atoms with Gasteiger partial charge in [-0.1, -0.05) is 25.3 Å². The molecular formula is C22H31N3OS. The smallest absolute Gasteiger partial charge is 0.255 e. The van der Waals surface area contributed by atoms with Crippen LogP contribution in [0.15, 0.2) is 23.6 Å². The van der Waals surface area contributed by atoms with Crippen molar-refractivity contribution in [2.45, 2.75) is 58.5 Å². The Kier molecular flexibility index (Phi) is 5.69. The van der Waals surface area contributed by atoms with Gasteiger partial charge in [0.05, 0.1) is 5.56 Å². The van der Waals surface area contributed by atoms with Crippen LogP contribution in [0.25, 0.3) is 0 Å². The molecule has 27 heavy (non-hydrogen) atoms. The summed E-state index contributed by atoms with van der Waals surface area (Å²) in [6.45, 7) is 8.90. The lowest BCUT2D eigenvalue weighted by atomic mass is 9.95. The summed E-state index contributed by atoms with van der Waals surface area (Å²) in [5.74, 6) is 0.223. The Morgan fingerprint density at radius 2 is 1.85 bits per heavy atom. The fourth-order valence-corrected chi connectivity index (χ4v) is 5.54. The van der Waals surface area contributed by atoms with E-state index in [1.54, 1.807) is 0 Å². The Balaban J connectivity index is 1.41. The molecule has 0 atom stereocenters. The average molecular weight is 386 g/mol. The lowest BCUT2D eigenvalue weighted by Gasteiger charge is -2.34. The standard InChI is InChI=1S/C22H31N3OS/c1-17-15-21(18(2)25(17)19-7-4-3-5-8-19)22(26)24-12-10-23(11-13-24)16-20-9-6-14-27-20/h6,9,14-15,19H,3-5,7-8,10-13,16H2,1-2H3. The van der Waals surface area contributed by atoms with Gasteiger partial charge in [-0.25, -0.2) is 0 Å². The maximum Gasteiger partial charge on any atom is 0.255 e. The minimum Gasteiger partial charge on any atom is -0.345 e. The predicted octanol–water partition coefficient (Wildman–Crippen LogP) is 4.63. The lowest BCUT2D eigenvalue weighted by molar-refractivity contribution is 0.0628. The number of hydrogen-bond donors (Lipinski definition) is 0. The second-order valence-corrected chi connectivity index (χ2v) is 9.13. The summed E-state index contributed by atoms with van der Waals surface area (Å²) in [5, 5.41) is 2.14. The van der Waals surface area contributed by atoms with Crippen molar-refractivity contribution < 1.29 is 4.79 Å². The number of rotatable bonds is 4. The fraction of sp³-hybridized carbons (Fsp3) is 0.591. The number of carbonyl (C=O) groups excluding carboxylic acids is 1. The molecule has 2 aromatic heterocycles. The first-order valence-corrected chi connectivity index (χ1v) is 11.2. The number of piperazine rings is 1. The van der Waals surface area contributed by atoms with E-state index in [9.17, 15) is 4.79 Å². The molecular weight excluding hydrogens is 354 g/mol. The Morgan fingerprint density at radius 1 is 1.11 bits per heavy atom. The van der Waals surface area contributed by atoms with Crippen LogP contribution >= 0.6 is 11.3 Å². The van der Waals surface area contributed by atoms with E-state index in [2.05, 4.69) is 51.8 Å². The first-order valence-electron chi connectivity index (χ1n) is 10.4. The molecule has 1 saturated carbocycles. The summed E-state index contributed by atoms with van der Waals surface area (Å²) in [6.07, 6.45) is 6.50. The highest BCUT2D eigenvalue weighted by molar-refractivity contribution is 7.09. The van der Waals surface area contributed by atoms with E-state index in [1.165, 1.54) is 48.4 Å². The molecule has 3 heterocycles. The second kappa shape index (κ2) is 8.19. The van der Waals surface area contributed by atoms with E-state index in [-0.39, 0.29) is 5.91 Å². The highest BCUT2D eigenvalue weighted by Gasteiger charge is 2.27. The van der Waals surface area contributed by atoms with E-state index < -0.39 is 0 Å². The summed E-state index contributed by atoms with van der Waals surface area (Å²) in [5.41, 5.74) is 3.34. The molecule has 1 aliphatic heterocycles. The van der Waals surface area contributed by atoms with Gasteiger partial charge in [0.15, 0.2) is 0 Å². The van der Waals surface area contributed by atoms with Gasteiger partial charge in [-0.2, -0.15) is 0 Å². The third-order valence-electron chi connectivity index (χ3n) is 6.27. The quantitative estimate of drug-likeness (QED) is 0.768. The average Bonchev–Trinajstić information content (AvgIpc) is 3.30. The van der Waals surface area contributed by atoms with Crippen molar-refractivity contribution in [3.8, 4) is 0 Å². The molecule has 0 aromatic carbocycles. The molecule has 5 heteroatoms. The molecule has 0 bridgehead atoms. The van der Waals surface area contributed by atoms with Crippen molar-refractivity contribution in [3.05, 3.63) is 45.4 Å². The zero-order valence-electron chi connectivity index (χ0n) is 16.6. The van der Waals surface area contributed by atoms with Crippen LogP contribution in [0.5, 0.6) is 0 Å². The Hall–Kier alpha value is -1.59. The molecule has 2 fully saturated rings. The topological polar surface area (TPSA) is 28.5 Å². The molecule has 1 aliphatic carbocycles. The molecule has 4 rings (SSSR count). The van der Waals surface area contributed by atoms with Crippen LogP contribution in [0.3, 0.4) is 0 Å². The summed E-state index contributed by atoms with van der Waals surface area (Å²) in [4.78, 5) is 19.1. The zero-order valence-corrected chi connectivity index (χ0v) is 17.4. The van der Waals surface area contributed by atoms with Gasteiger partial charge < -0.3 is 9.47 Å². The van der Waals surface area contributed by atoms with Gasteiger partial charge in [0.1, 0.15) is 0 Å². The molecule has 0 spiro atoms. The van der Waals surface area contributed by atoms with Gasteiger partial charge in [-0.3, -0.25) is 9.69 Å². The molecule has 0 N–H and O–H groups in total. The molecule has 2 aromatic rings. The number of thiophene rings is 1. The van der Waals surface area contributed by atoms with Gasteiger partial charge in [-0.15, -0.1) is 11.3 Å². The predicted molar refractivity (Wildman–Crippen MR) is 112 cm³/mol. The maximum atomic E-state index is 13.2. The minimum atomic E-state index is 0.223. The molecule has 1 saturated heterocycles. The largest absolute Gasteiger partial charge is 0.345 e. The van der Waals surface area contributed by atoms with Crippen LogP contribution in [0, 0.1) is 13.8 Å². The second-order valence-electron chi connectivity index (χ2n) is 8.09. The Morgan fingerprint density at radius 3 is 2.52 bits per heavy atom. The number of carbonyl (C=O) groups is 1. The van der Waals surface area contributed by atoms with E-state index >= 15 is 0 Å². The van der Waals surface area contributed by atoms with Gasteiger partial charge in [0, 0.05) is 55.0 Å². The first kappa shape index (κ1) is 18.8. The number of aryl methyl sites for hydroxylation is 1. The monoisotopic (exact) mass is 385 g/mol. The summed E-state index contributed by atoms with van der Waals surface area (Å²) in [7, 11) is 0. The van der Waals surface area contributed by atoms with Crippen molar-refractivity contribution in [2.75, 3.05) is 26.2 Å². The highest BCUT2D eigenvalue weighted by atomic mass is 32.1. The zero-order chi connectivity index (χ0) is 18.8. The van der Waals surface area contributed by atoms with E-state index in [4.69, 9.17) is 0 Å². The number of aromatic nitrogens is 1. The summed E-state index contributed by atoms with van der Waals surface area (Å²) >= 11 is 1.82. The SMILES string of the molecule is Cc1cc(C(=O)N2CCN(Cc3cccs3)CC2)c(C)n1C1CCCCC1. The van der Waals surface area contributed by atoms with Gasteiger partial charge >= 0.3 is 0 Å². The van der Waals surface area contributed by atoms with Gasteiger partial charge in [-0.05, 0) is 44.2 Å². The number of nitrogens with zero attached hydrogens (tertiary/aromatic N) is 3. The van der Waals surface area contributed by atoms with Crippen LogP contribution in [0.1, 0.15) is 64.8 Å². The van der Waals surface area contributed by atoms with Crippen LogP contribution in [0.2, 0.25) is 0 Å². The Bertz CT molecular complexity index is 766. The van der Waals surface area contributed by atoms with Gasteiger partial charge in [0.25, 0.3) is 5.91 Å². The Labute approximate surface area is 166 Å². The third kappa shape index (κ3) is 3.99. The normalized spacial score (nSPS) is 19.6. The maximum absolute atomic E-state index is 13.2. The fourth-order valence-electron chi connectivity index (χ4n) is 4.80. The number of amides is 1. The molecule has 0 unspecified atom stereocenters. The summed E-state index contributed by atoms with van der Waals surface area (Å²) < 4.78 is 2.44. The van der Waals surface area contributed by atoms with E-state index in [1.807, 2.05) is 11.3 Å². The molecule has 2 aliphatic rings. The van der Waals surface area contributed by atoms with Crippen LogP contribution in [0.4, 0.5) is 0 Å². The van der Waals surface area contributed by atoms with Crippen molar-refractivity contribution in [3.63, 3.8) is 0 Å². The third-order valence-corrected chi connectivity index (χ3v) is 7.13. The van der Waals surface area contributed by atoms with Crippen molar-refractivity contribution >= 4 is 17.2 Å². The molecule has 1 amide bonds. The van der Waals surface area contributed by atoms with Crippen LogP contribution in [-0.4, -0.2) is 46.5 Å². The van der Waals surface area contributed by atoms with Gasteiger partial charge in [0.2, 0.25) is 0 Å². The summed E-state index contributed by atoms with van der Waals surface area (Å²) in [6, 6.07) is 7.03. The molecule has 4 nitrogen and oxygen atoms in total. The van der Waals surface area contributed by atoms with E-state index in [0.29, 0.717) is 6.04 Å². The van der Waals surface area contributed by atoms with Crippen molar-refractivity contribution in [1.29, 1.82) is 0 Å². The molecule has 146 valence electrons. The minimum absolute atomic E-state index is 0.223. The lowest BCUT2D eigenvalue weighted by Crippen LogP contribution is -2.48. The highest BCUT2D eigenvalue weighted by Crippen LogP contribution is 2.32.